The molecule has 4 rings (SSSR count). The van der Waals surface area contributed by atoms with E-state index in [0.717, 1.165) is 46.7 Å². The lowest BCUT2D eigenvalue weighted by Gasteiger charge is -2.15. The highest BCUT2D eigenvalue weighted by molar-refractivity contribution is 5.60. The SMILES string of the molecule is CC#Cc1ccc(Nc2nc(NC)c3c(n2)C(c2ccc(F)cc2)CC3)cc1. The molecule has 0 bridgehead atoms. The average molecular weight is 372 g/mol. The monoisotopic (exact) mass is 372 g/mol. The Bertz CT molecular complexity index is 1050. The Hall–Kier alpha value is -3.39. The van der Waals surface area contributed by atoms with Crippen molar-refractivity contribution in [2.45, 2.75) is 25.7 Å². The Kier molecular flexibility index (Phi) is 4.94. The third kappa shape index (κ3) is 3.54. The summed E-state index contributed by atoms with van der Waals surface area (Å²) in [4.78, 5) is 9.45. The second-order valence-corrected chi connectivity index (χ2v) is 6.73. The van der Waals surface area contributed by atoms with Crippen LogP contribution in [0, 0.1) is 17.7 Å². The lowest BCUT2D eigenvalue weighted by atomic mass is 9.97. The minimum Gasteiger partial charge on any atom is -0.373 e. The molecule has 0 fully saturated rings. The number of anilines is 3. The number of aromatic nitrogens is 2. The van der Waals surface area contributed by atoms with E-state index >= 15 is 0 Å². The van der Waals surface area contributed by atoms with Crippen LogP contribution in [-0.2, 0) is 6.42 Å². The molecule has 0 radical (unpaired) electrons. The molecule has 140 valence electrons. The van der Waals surface area contributed by atoms with E-state index < -0.39 is 0 Å². The summed E-state index contributed by atoms with van der Waals surface area (Å²) in [5.74, 6) is 7.24. The van der Waals surface area contributed by atoms with Gasteiger partial charge in [-0.15, -0.1) is 5.92 Å². The van der Waals surface area contributed by atoms with Gasteiger partial charge in [0.25, 0.3) is 0 Å². The zero-order valence-corrected chi connectivity index (χ0v) is 15.9. The van der Waals surface area contributed by atoms with Crippen LogP contribution in [0.1, 0.15) is 41.6 Å². The number of benzene rings is 2. The fourth-order valence-corrected chi connectivity index (χ4v) is 3.65. The Morgan fingerprint density at radius 2 is 1.79 bits per heavy atom. The van der Waals surface area contributed by atoms with Gasteiger partial charge in [-0.1, -0.05) is 18.1 Å². The minimum absolute atomic E-state index is 0.147. The maximum atomic E-state index is 13.3. The molecule has 2 N–H and O–H groups in total. The molecule has 0 saturated heterocycles. The average Bonchev–Trinajstić information content (AvgIpc) is 3.14. The van der Waals surface area contributed by atoms with Crippen LogP contribution in [0.15, 0.2) is 48.5 Å². The number of hydrogen-bond acceptors (Lipinski definition) is 4. The lowest BCUT2D eigenvalue weighted by molar-refractivity contribution is 0.625. The van der Waals surface area contributed by atoms with Crippen LogP contribution in [0.4, 0.5) is 21.8 Å². The molecular weight excluding hydrogens is 351 g/mol. The molecule has 1 aliphatic rings. The Morgan fingerprint density at radius 3 is 2.46 bits per heavy atom. The second kappa shape index (κ2) is 7.69. The van der Waals surface area contributed by atoms with Gasteiger partial charge in [0.1, 0.15) is 11.6 Å². The summed E-state index contributed by atoms with van der Waals surface area (Å²) in [7, 11) is 1.87. The summed E-state index contributed by atoms with van der Waals surface area (Å²) in [6.07, 6.45) is 1.84. The van der Waals surface area contributed by atoms with Crippen molar-refractivity contribution in [2.24, 2.45) is 0 Å². The summed E-state index contributed by atoms with van der Waals surface area (Å²) in [5, 5.41) is 6.48. The van der Waals surface area contributed by atoms with Crippen molar-refractivity contribution in [3.8, 4) is 11.8 Å². The van der Waals surface area contributed by atoms with E-state index in [1.807, 2.05) is 50.4 Å². The highest BCUT2D eigenvalue weighted by atomic mass is 19.1. The number of hydrogen-bond donors (Lipinski definition) is 2. The largest absolute Gasteiger partial charge is 0.373 e. The third-order valence-electron chi connectivity index (χ3n) is 4.97. The van der Waals surface area contributed by atoms with Crippen molar-refractivity contribution in [1.82, 2.24) is 9.97 Å². The van der Waals surface area contributed by atoms with Crippen molar-refractivity contribution in [1.29, 1.82) is 0 Å². The highest BCUT2D eigenvalue weighted by Gasteiger charge is 2.29. The Morgan fingerprint density at radius 1 is 1.04 bits per heavy atom. The van der Waals surface area contributed by atoms with E-state index in [1.54, 1.807) is 0 Å². The molecule has 0 aliphatic heterocycles. The van der Waals surface area contributed by atoms with Gasteiger partial charge in [-0.2, -0.15) is 4.98 Å². The fourth-order valence-electron chi connectivity index (χ4n) is 3.65. The molecule has 0 amide bonds. The minimum atomic E-state index is -0.223. The normalized spacial score (nSPS) is 14.8. The first-order chi connectivity index (χ1) is 13.7. The third-order valence-corrected chi connectivity index (χ3v) is 4.97. The van der Waals surface area contributed by atoms with Crippen LogP contribution in [-0.4, -0.2) is 17.0 Å². The smallest absolute Gasteiger partial charge is 0.229 e. The number of halogens is 1. The van der Waals surface area contributed by atoms with Crippen LogP contribution >= 0.6 is 0 Å². The van der Waals surface area contributed by atoms with Gasteiger partial charge in [0.2, 0.25) is 5.95 Å². The summed E-state index contributed by atoms with van der Waals surface area (Å²) < 4.78 is 13.3. The number of rotatable bonds is 4. The van der Waals surface area contributed by atoms with Gasteiger partial charge in [0.15, 0.2) is 0 Å². The van der Waals surface area contributed by atoms with Crippen molar-refractivity contribution in [3.05, 3.63) is 76.7 Å². The van der Waals surface area contributed by atoms with Gasteiger partial charge >= 0.3 is 0 Å². The van der Waals surface area contributed by atoms with E-state index in [0.29, 0.717) is 5.95 Å². The van der Waals surface area contributed by atoms with E-state index in [1.165, 1.54) is 12.1 Å². The summed E-state index contributed by atoms with van der Waals surface area (Å²) >= 11 is 0. The topological polar surface area (TPSA) is 49.8 Å². The van der Waals surface area contributed by atoms with Crippen LogP contribution < -0.4 is 10.6 Å². The predicted octanol–water partition coefficient (Wildman–Crippen LogP) is 4.85. The van der Waals surface area contributed by atoms with Crippen LogP contribution in [0.5, 0.6) is 0 Å². The first-order valence-corrected chi connectivity index (χ1v) is 9.32. The molecule has 0 saturated carbocycles. The Balaban J connectivity index is 1.67. The predicted molar refractivity (Wildman–Crippen MR) is 110 cm³/mol. The highest BCUT2D eigenvalue weighted by Crippen LogP contribution is 2.40. The summed E-state index contributed by atoms with van der Waals surface area (Å²) in [6.45, 7) is 1.82. The number of nitrogens with zero attached hydrogens (tertiary/aromatic N) is 2. The quantitative estimate of drug-likeness (QED) is 0.643. The van der Waals surface area contributed by atoms with Crippen molar-refractivity contribution < 1.29 is 4.39 Å². The zero-order chi connectivity index (χ0) is 19.5. The molecule has 1 atom stereocenters. The van der Waals surface area contributed by atoms with Crippen molar-refractivity contribution >= 4 is 17.5 Å². The van der Waals surface area contributed by atoms with Crippen LogP contribution in [0.3, 0.4) is 0 Å². The van der Waals surface area contributed by atoms with E-state index in [2.05, 4.69) is 27.5 Å². The molecule has 4 nitrogen and oxygen atoms in total. The lowest BCUT2D eigenvalue weighted by Crippen LogP contribution is -2.07. The number of fused-ring (bicyclic) bond motifs is 1. The van der Waals surface area contributed by atoms with Crippen molar-refractivity contribution in [3.63, 3.8) is 0 Å². The standard InChI is InChI=1S/C23H21FN4/c1-3-4-15-5-11-18(12-6-15)26-23-27-21-19(16-7-9-17(24)10-8-16)13-14-20(21)22(25-2)28-23/h5-12,19H,13-14H2,1-2H3,(H2,25,26,27,28). The van der Waals surface area contributed by atoms with E-state index in [-0.39, 0.29) is 11.7 Å². The molecule has 1 unspecified atom stereocenters. The van der Waals surface area contributed by atoms with Gasteiger partial charge in [-0.3, -0.25) is 0 Å². The van der Waals surface area contributed by atoms with Crippen molar-refractivity contribution in [2.75, 3.05) is 17.7 Å². The molecule has 3 aromatic rings. The van der Waals surface area contributed by atoms with Gasteiger partial charge in [0, 0.05) is 29.8 Å². The molecule has 1 aliphatic carbocycles. The Labute approximate surface area is 164 Å². The molecule has 1 heterocycles. The van der Waals surface area contributed by atoms with Gasteiger partial charge in [-0.25, -0.2) is 9.37 Å². The molecule has 0 spiro atoms. The molecular formula is C23H21FN4. The first-order valence-electron chi connectivity index (χ1n) is 9.32. The fraction of sp³-hybridized carbons (Fsp3) is 0.217. The van der Waals surface area contributed by atoms with Crippen LogP contribution in [0.2, 0.25) is 0 Å². The molecule has 1 aromatic heterocycles. The number of nitrogens with one attached hydrogen (secondary N) is 2. The van der Waals surface area contributed by atoms with Crippen LogP contribution in [0.25, 0.3) is 0 Å². The second-order valence-electron chi connectivity index (χ2n) is 6.73. The maximum Gasteiger partial charge on any atom is 0.229 e. The first kappa shape index (κ1) is 18.0. The molecule has 2 aromatic carbocycles. The maximum absolute atomic E-state index is 13.3. The van der Waals surface area contributed by atoms with E-state index in [9.17, 15) is 4.39 Å². The zero-order valence-electron chi connectivity index (χ0n) is 15.9. The van der Waals surface area contributed by atoms with Gasteiger partial charge < -0.3 is 10.6 Å². The van der Waals surface area contributed by atoms with Gasteiger partial charge in [-0.05, 0) is 61.7 Å². The summed E-state index contributed by atoms with van der Waals surface area (Å²) in [5.41, 5.74) is 5.09. The van der Waals surface area contributed by atoms with Gasteiger partial charge in [0.05, 0.1) is 5.69 Å². The molecule has 28 heavy (non-hydrogen) atoms. The summed E-state index contributed by atoms with van der Waals surface area (Å²) in [6, 6.07) is 14.6. The van der Waals surface area contributed by atoms with E-state index in [4.69, 9.17) is 4.98 Å². The molecule has 5 heteroatoms.